The molecule has 1 aliphatic rings. The van der Waals surface area contributed by atoms with E-state index in [2.05, 4.69) is 61.4 Å². The van der Waals surface area contributed by atoms with Crippen molar-refractivity contribution < 1.29 is 0 Å². The molecule has 0 aliphatic carbocycles. The van der Waals surface area contributed by atoms with Crippen molar-refractivity contribution in [1.29, 1.82) is 0 Å². The van der Waals surface area contributed by atoms with Crippen molar-refractivity contribution in [3.63, 3.8) is 0 Å². The Morgan fingerprint density at radius 2 is 2.00 bits per heavy atom. The second-order valence-corrected chi connectivity index (χ2v) is 6.79. The van der Waals surface area contributed by atoms with Gasteiger partial charge in [-0.05, 0) is 54.7 Å². The lowest BCUT2D eigenvalue weighted by Gasteiger charge is -2.16. The smallest absolute Gasteiger partial charge is 0.0885 e. The molecule has 2 aromatic rings. The summed E-state index contributed by atoms with van der Waals surface area (Å²) in [7, 11) is 0. The minimum Gasteiger partial charge on any atom is -0.372 e. The van der Waals surface area contributed by atoms with Gasteiger partial charge in [-0.2, -0.15) is 0 Å². The van der Waals surface area contributed by atoms with E-state index in [4.69, 9.17) is 0 Å². The zero-order chi connectivity index (χ0) is 14.8. The minimum atomic E-state index is 0.859. The van der Waals surface area contributed by atoms with Gasteiger partial charge in [0.25, 0.3) is 0 Å². The lowest BCUT2D eigenvalue weighted by atomic mass is 9.97. The molecule has 0 amide bonds. The number of thiophene rings is 1. The average molecular weight is 296 g/mol. The van der Waals surface area contributed by atoms with E-state index in [1.54, 1.807) is 6.34 Å². The average Bonchev–Trinajstić information content (AvgIpc) is 2.86. The first kappa shape index (κ1) is 14.1. The number of rotatable bonds is 3. The van der Waals surface area contributed by atoms with Crippen molar-refractivity contribution >= 4 is 23.2 Å². The summed E-state index contributed by atoms with van der Waals surface area (Å²) in [5.74, 6) is 0. The first-order valence-electron chi connectivity index (χ1n) is 7.35. The largest absolute Gasteiger partial charge is 0.372 e. The molecule has 0 atom stereocenters. The lowest BCUT2D eigenvalue weighted by molar-refractivity contribution is 0.974. The highest BCUT2D eigenvalue weighted by molar-refractivity contribution is 7.12. The van der Waals surface area contributed by atoms with Gasteiger partial charge in [0.15, 0.2) is 0 Å². The Kier molecular flexibility index (Phi) is 3.93. The Bertz CT molecular complexity index is 723. The highest BCUT2D eigenvalue weighted by Crippen LogP contribution is 2.33. The number of aryl methyl sites for hydroxylation is 2. The van der Waals surface area contributed by atoms with Gasteiger partial charge in [0, 0.05) is 22.0 Å². The molecule has 108 valence electrons. The molecule has 1 aromatic heterocycles. The second-order valence-electron chi connectivity index (χ2n) is 5.33. The van der Waals surface area contributed by atoms with Crippen molar-refractivity contribution in [2.24, 2.45) is 4.99 Å². The van der Waals surface area contributed by atoms with Crippen molar-refractivity contribution in [3.05, 3.63) is 51.3 Å². The highest BCUT2D eigenvalue weighted by Gasteiger charge is 2.12. The van der Waals surface area contributed by atoms with Crippen molar-refractivity contribution in [3.8, 4) is 11.1 Å². The Morgan fingerprint density at radius 1 is 1.19 bits per heavy atom. The molecule has 0 fully saturated rings. The fourth-order valence-electron chi connectivity index (χ4n) is 2.82. The molecule has 0 radical (unpaired) electrons. The van der Waals surface area contributed by atoms with Crippen LogP contribution in [0.3, 0.4) is 0 Å². The topological polar surface area (TPSA) is 24.4 Å². The predicted molar refractivity (Wildman–Crippen MR) is 92.9 cm³/mol. The molecule has 21 heavy (non-hydrogen) atoms. The van der Waals surface area contributed by atoms with E-state index in [0.29, 0.717) is 0 Å². The highest BCUT2D eigenvalue weighted by atomic mass is 32.1. The summed E-state index contributed by atoms with van der Waals surface area (Å²) >= 11 is 1.86. The van der Waals surface area contributed by atoms with Crippen LogP contribution in [0.25, 0.3) is 16.7 Å². The van der Waals surface area contributed by atoms with Crippen LogP contribution in [-0.2, 0) is 0 Å². The molecule has 0 saturated heterocycles. The van der Waals surface area contributed by atoms with E-state index in [-0.39, 0.29) is 0 Å². The summed E-state index contributed by atoms with van der Waals surface area (Å²) in [5, 5.41) is 3.22. The van der Waals surface area contributed by atoms with Crippen LogP contribution >= 0.6 is 11.3 Å². The maximum absolute atomic E-state index is 4.48. The molecular formula is C18H20N2S. The zero-order valence-electron chi connectivity index (χ0n) is 12.7. The number of nitrogens with zero attached hydrogens (tertiary/aromatic N) is 1. The van der Waals surface area contributed by atoms with E-state index < -0.39 is 0 Å². The zero-order valence-corrected chi connectivity index (χ0v) is 13.6. The molecule has 2 heterocycles. The van der Waals surface area contributed by atoms with Crippen LogP contribution in [0.1, 0.15) is 28.7 Å². The molecule has 1 N–H and O–H groups in total. The van der Waals surface area contributed by atoms with E-state index >= 15 is 0 Å². The number of nitrogens with one attached hydrogen (secondary N) is 1. The van der Waals surface area contributed by atoms with Crippen LogP contribution in [0.2, 0.25) is 0 Å². The first-order chi connectivity index (χ1) is 10.2. The number of hydrogen-bond acceptors (Lipinski definition) is 3. The molecule has 0 bridgehead atoms. The van der Waals surface area contributed by atoms with Crippen molar-refractivity contribution in [2.45, 2.75) is 27.2 Å². The van der Waals surface area contributed by atoms with Gasteiger partial charge in [0.1, 0.15) is 0 Å². The van der Waals surface area contributed by atoms with Gasteiger partial charge in [0.2, 0.25) is 0 Å². The normalized spacial score (nSPS) is 14.4. The van der Waals surface area contributed by atoms with Crippen LogP contribution in [0.4, 0.5) is 0 Å². The maximum Gasteiger partial charge on any atom is 0.0885 e. The van der Waals surface area contributed by atoms with E-state index in [9.17, 15) is 0 Å². The molecule has 3 rings (SSSR count). The fraction of sp³-hybridized carbons (Fsp3) is 0.278. The maximum atomic E-state index is 4.48. The van der Waals surface area contributed by atoms with Crippen LogP contribution in [-0.4, -0.2) is 12.9 Å². The molecule has 2 nitrogen and oxygen atoms in total. The third-order valence-electron chi connectivity index (χ3n) is 3.84. The second kappa shape index (κ2) is 5.86. The Labute approximate surface area is 130 Å². The standard InChI is InChI=1S/C18H20N2S/c1-4-18-17(10-19-11-20-18)15-7-5-6-14(9-15)16-8-12(2)21-13(16)3/h5-9,11H,4,10H2,1-3H3,(H,19,20). The molecule has 1 aromatic carbocycles. The Hall–Kier alpha value is -1.87. The summed E-state index contributed by atoms with van der Waals surface area (Å²) in [6, 6.07) is 11.1. The van der Waals surface area contributed by atoms with Crippen molar-refractivity contribution in [2.75, 3.05) is 6.54 Å². The van der Waals surface area contributed by atoms with Crippen LogP contribution < -0.4 is 5.32 Å². The molecule has 0 unspecified atom stereocenters. The van der Waals surface area contributed by atoms with Crippen LogP contribution in [0, 0.1) is 13.8 Å². The monoisotopic (exact) mass is 296 g/mol. The number of benzene rings is 1. The van der Waals surface area contributed by atoms with Crippen LogP contribution in [0.15, 0.2) is 41.0 Å². The van der Waals surface area contributed by atoms with Gasteiger partial charge < -0.3 is 5.32 Å². The van der Waals surface area contributed by atoms with Gasteiger partial charge in [-0.15, -0.1) is 11.3 Å². The van der Waals surface area contributed by atoms with Gasteiger partial charge in [-0.25, -0.2) is 4.99 Å². The number of aliphatic imine (C=N–C) groups is 1. The predicted octanol–water partition coefficient (Wildman–Crippen LogP) is 4.78. The fourth-order valence-corrected chi connectivity index (χ4v) is 3.76. The minimum absolute atomic E-state index is 0.859. The van der Waals surface area contributed by atoms with Crippen molar-refractivity contribution in [1.82, 2.24) is 5.32 Å². The molecule has 0 spiro atoms. The quantitative estimate of drug-likeness (QED) is 0.865. The molecule has 1 aliphatic heterocycles. The van der Waals surface area contributed by atoms with E-state index in [1.165, 1.54) is 37.7 Å². The molecule has 3 heteroatoms. The summed E-state index contributed by atoms with van der Waals surface area (Å²) < 4.78 is 0. The molecule has 0 saturated carbocycles. The number of allylic oxidation sites excluding steroid dienone is 1. The Morgan fingerprint density at radius 3 is 2.71 bits per heavy atom. The van der Waals surface area contributed by atoms with Gasteiger partial charge >= 0.3 is 0 Å². The third kappa shape index (κ3) is 2.79. The van der Waals surface area contributed by atoms with Gasteiger partial charge in [0.05, 0.1) is 6.34 Å². The molecular weight excluding hydrogens is 276 g/mol. The SMILES string of the molecule is CCC1=C(c2cccc(-c3cc(C)sc3C)c2)CNC=N1. The lowest BCUT2D eigenvalue weighted by Crippen LogP contribution is -2.19. The summed E-state index contributed by atoms with van der Waals surface area (Å²) in [6.45, 7) is 7.39. The Balaban J connectivity index is 2.06. The third-order valence-corrected chi connectivity index (χ3v) is 4.80. The number of hydrogen-bond donors (Lipinski definition) is 1. The van der Waals surface area contributed by atoms with Crippen LogP contribution in [0.5, 0.6) is 0 Å². The van der Waals surface area contributed by atoms with Gasteiger partial charge in [-0.1, -0.05) is 25.1 Å². The van der Waals surface area contributed by atoms with E-state index in [1.807, 2.05) is 11.3 Å². The van der Waals surface area contributed by atoms with Gasteiger partial charge in [-0.3, -0.25) is 0 Å². The summed E-state index contributed by atoms with van der Waals surface area (Å²) in [5.41, 5.74) is 6.42. The summed E-state index contributed by atoms with van der Waals surface area (Å²) in [4.78, 5) is 7.22. The summed E-state index contributed by atoms with van der Waals surface area (Å²) in [6.07, 6.45) is 2.77. The van der Waals surface area contributed by atoms with E-state index in [0.717, 1.165) is 13.0 Å². The first-order valence-corrected chi connectivity index (χ1v) is 8.16.